The summed E-state index contributed by atoms with van der Waals surface area (Å²) in [6.45, 7) is 0. The van der Waals surface area contributed by atoms with Gasteiger partial charge < -0.3 is 15.3 Å². The van der Waals surface area contributed by atoms with Crippen molar-refractivity contribution in [3.05, 3.63) is 48.3 Å². The third-order valence-electron chi connectivity index (χ3n) is 5.75. The molecule has 0 aliphatic heterocycles. The first kappa shape index (κ1) is 17.3. The predicted molar refractivity (Wildman–Crippen MR) is 113 cm³/mol. The summed E-state index contributed by atoms with van der Waals surface area (Å²) in [5.74, 6) is -0.452. The van der Waals surface area contributed by atoms with Gasteiger partial charge in [-0.15, -0.1) is 0 Å². The van der Waals surface area contributed by atoms with Gasteiger partial charge in [-0.1, -0.05) is 37.5 Å². The Bertz CT molecular complexity index is 1200. The summed E-state index contributed by atoms with van der Waals surface area (Å²) in [4.78, 5) is 12.0. The van der Waals surface area contributed by atoms with E-state index in [1.165, 1.54) is 44.5 Å². The van der Waals surface area contributed by atoms with Crippen LogP contribution in [0.4, 0.5) is 4.39 Å². The van der Waals surface area contributed by atoms with Crippen LogP contribution >= 0.6 is 12.2 Å². The standard InChI is InChI=1S/C21H20FN5S/c22-15-9-14(19-20(25-10-24-19)18(15)21(23)28)12-6-7-17-16(8-12)26-11-27(17)13-4-2-1-3-5-13/h6-11,13H,1-5H2,(H2,23,28)(H,24,25). The molecule has 3 N–H and O–H groups in total. The van der Waals surface area contributed by atoms with E-state index in [0.717, 1.165) is 16.6 Å². The quantitative estimate of drug-likeness (QED) is 0.488. The average Bonchev–Trinajstić information content (AvgIpc) is 3.34. The Morgan fingerprint density at radius 1 is 1.18 bits per heavy atom. The number of benzene rings is 2. The van der Waals surface area contributed by atoms with Crippen molar-refractivity contribution in [2.75, 3.05) is 0 Å². The van der Waals surface area contributed by atoms with E-state index in [1.807, 2.05) is 18.5 Å². The van der Waals surface area contributed by atoms with Gasteiger partial charge in [-0.2, -0.15) is 0 Å². The normalized spacial score (nSPS) is 15.5. The molecule has 0 atom stereocenters. The van der Waals surface area contributed by atoms with Crippen LogP contribution in [0, 0.1) is 5.82 Å². The maximum atomic E-state index is 14.7. The molecule has 1 fully saturated rings. The van der Waals surface area contributed by atoms with Gasteiger partial charge in [0.05, 0.1) is 40.3 Å². The van der Waals surface area contributed by atoms with Crippen LogP contribution in [0.25, 0.3) is 33.2 Å². The molecule has 7 heteroatoms. The van der Waals surface area contributed by atoms with E-state index in [9.17, 15) is 4.39 Å². The van der Waals surface area contributed by atoms with Gasteiger partial charge >= 0.3 is 0 Å². The number of hydrogen-bond acceptors (Lipinski definition) is 3. The van der Waals surface area contributed by atoms with Crippen molar-refractivity contribution < 1.29 is 4.39 Å². The molecular formula is C21H20FN5S. The number of rotatable bonds is 3. The number of H-pyrrole nitrogens is 1. The summed E-state index contributed by atoms with van der Waals surface area (Å²) in [5.41, 5.74) is 10.7. The molecule has 2 heterocycles. The highest BCUT2D eigenvalue weighted by Crippen LogP contribution is 2.34. The Balaban J connectivity index is 1.63. The zero-order valence-electron chi connectivity index (χ0n) is 15.3. The second-order valence-electron chi connectivity index (χ2n) is 7.42. The van der Waals surface area contributed by atoms with E-state index in [0.29, 0.717) is 22.6 Å². The Kier molecular flexibility index (Phi) is 4.12. The molecular weight excluding hydrogens is 373 g/mol. The molecule has 5 rings (SSSR count). The van der Waals surface area contributed by atoms with Crippen molar-refractivity contribution in [2.45, 2.75) is 38.1 Å². The van der Waals surface area contributed by atoms with Crippen LogP contribution in [0.1, 0.15) is 43.7 Å². The van der Waals surface area contributed by atoms with Gasteiger partial charge in [0.25, 0.3) is 0 Å². The smallest absolute Gasteiger partial charge is 0.136 e. The molecule has 0 amide bonds. The number of aromatic nitrogens is 4. The summed E-state index contributed by atoms with van der Waals surface area (Å²) < 4.78 is 17.0. The van der Waals surface area contributed by atoms with Crippen LogP contribution in [-0.2, 0) is 0 Å². The monoisotopic (exact) mass is 393 g/mol. The van der Waals surface area contributed by atoms with Gasteiger partial charge in [0, 0.05) is 11.6 Å². The van der Waals surface area contributed by atoms with E-state index in [4.69, 9.17) is 18.0 Å². The van der Waals surface area contributed by atoms with Crippen LogP contribution < -0.4 is 5.73 Å². The number of thiocarbonyl (C=S) groups is 1. The molecule has 1 saturated carbocycles. The van der Waals surface area contributed by atoms with Crippen molar-refractivity contribution in [3.8, 4) is 11.1 Å². The number of aromatic amines is 1. The van der Waals surface area contributed by atoms with Crippen LogP contribution in [-0.4, -0.2) is 24.5 Å². The fraction of sp³-hybridized carbons (Fsp3) is 0.286. The van der Waals surface area contributed by atoms with Gasteiger partial charge in [-0.3, -0.25) is 0 Å². The van der Waals surface area contributed by atoms with Gasteiger partial charge in [-0.25, -0.2) is 14.4 Å². The van der Waals surface area contributed by atoms with Crippen LogP contribution in [0.3, 0.4) is 0 Å². The molecule has 2 aromatic heterocycles. The number of fused-ring (bicyclic) bond motifs is 2. The SMILES string of the molecule is NC(=S)c1c(F)cc(-c2ccc3c(c2)ncn3C2CCCCC2)c2nc[nH]c12. The van der Waals surface area contributed by atoms with E-state index >= 15 is 0 Å². The molecule has 1 aliphatic rings. The Labute approximate surface area is 166 Å². The van der Waals surface area contributed by atoms with Crippen molar-refractivity contribution in [1.29, 1.82) is 0 Å². The summed E-state index contributed by atoms with van der Waals surface area (Å²) in [7, 11) is 0. The van der Waals surface area contributed by atoms with Gasteiger partial charge in [-0.05, 0) is 36.6 Å². The largest absolute Gasteiger partial charge is 0.389 e. The highest BCUT2D eigenvalue weighted by Gasteiger charge is 2.20. The zero-order valence-corrected chi connectivity index (χ0v) is 16.1. The third kappa shape index (κ3) is 2.69. The number of imidazole rings is 2. The van der Waals surface area contributed by atoms with E-state index in [-0.39, 0.29) is 10.6 Å². The van der Waals surface area contributed by atoms with Crippen LogP contribution in [0.2, 0.25) is 0 Å². The first-order chi connectivity index (χ1) is 13.6. The highest BCUT2D eigenvalue weighted by atomic mass is 32.1. The Morgan fingerprint density at radius 2 is 2.00 bits per heavy atom. The molecule has 4 aromatic rings. The molecule has 0 radical (unpaired) electrons. The van der Waals surface area contributed by atoms with Crippen molar-refractivity contribution in [3.63, 3.8) is 0 Å². The summed E-state index contributed by atoms with van der Waals surface area (Å²) in [6.07, 6.45) is 9.74. The molecule has 5 nitrogen and oxygen atoms in total. The fourth-order valence-electron chi connectivity index (χ4n) is 4.39. The van der Waals surface area contributed by atoms with Gasteiger partial charge in [0.1, 0.15) is 10.8 Å². The van der Waals surface area contributed by atoms with E-state index in [2.05, 4.69) is 25.6 Å². The molecule has 0 unspecified atom stereocenters. The number of nitrogens with zero attached hydrogens (tertiary/aromatic N) is 3. The third-order valence-corrected chi connectivity index (χ3v) is 5.96. The predicted octanol–water partition coefficient (Wildman–Crippen LogP) is 4.86. The lowest BCUT2D eigenvalue weighted by molar-refractivity contribution is 0.359. The minimum atomic E-state index is -0.452. The highest BCUT2D eigenvalue weighted by molar-refractivity contribution is 7.80. The molecule has 1 aliphatic carbocycles. The van der Waals surface area contributed by atoms with Crippen molar-refractivity contribution in [1.82, 2.24) is 19.5 Å². The summed E-state index contributed by atoms with van der Waals surface area (Å²) in [6, 6.07) is 8.05. The number of hydrogen-bond donors (Lipinski definition) is 2. The first-order valence-electron chi connectivity index (χ1n) is 9.56. The summed E-state index contributed by atoms with van der Waals surface area (Å²) >= 11 is 5.01. The molecule has 28 heavy (non-hydrogen) atoms. The van der Waals surface area contributed by atoms with Crippen molar-refractivity contribution >= 4 is 39.3 Å². The average molecular weight is 393 g/mol. The maximum absolute atomic E-state index is 14.7. The minimum absolute atomic E-state index is 0.0139. The lowest BCUT2D eigenvalue weighted by Gasteiger charge is -2.23. The van der Waals surface area contributed by atoms with Gasteiger partial charge in [0.15, 0.2) is 0 Å². The minimum Gasteiger partial charge on any atom is -0.389 e. The van der Waals surface area contributed by atoms with Crippen LogP contribution in [0.5, 0.6) is 0 Å². The van der Waals surface area contributed by atoms with E-state index in [1.54, 1.807) is 0 Å². The topological polar surface area (TPSA) is 72.5 Å². The molecule has 0 bridgehead atoms. The second kappa shape index (κ2) is 6.67. The van der Waals surface area contributed by atoms with Gasteiger partial charge in [0.2, 0.25) is 0 Å². The Morgan fingerprint density at radius 3 is 2.79 bits per heavy atom. The summed E-state index contributed by atoms with van der Waals surface area (Å²) in [5, 5.41) is 0. The lowest BCUT2D eigenvalue weighted by atomic mass is 9.95. The number of nitrogens with one attached hydrogen (secondary N) is 1. The fourth-order valence-corrected chi connectivity index (χ4v) is 4.59. The molecule has 2 aromatic carbocycles. The maximum Gasteiger partial charge on any atom is 0.136 e. The molecule has 0 saturated heterocycles. The zero-order chi connectivity index (χ0) is 19.3. The first-order valence-corrected chi connectivity index (χ1v) is 9.96. The van der Waals surface area contributed by atoms with Crippen LogP contribution in [0.15, 0.2) is 36.9 Å². The van der Waals surface area contributed by atoms with Crippen molar-refractivity contribution in [2.24, 2.45) is 5.73 Å². The van der Waals surface area contributed by atoms with E-state index < -0.39 is 5.82 Å². The number of halogens is 1. The lowest BCUT2D eigenvalue weighted by Crippen LogP contribution is -2.12. The Hall–Kier alpha value is -2.80. The molecule has 142 valence electrons. The number of nitrogens with two attached hydrogens (primary N) is 1. The molecule has 0 spiro atoms. The second-order valence-corrected chi connectivity index (χ2v) is 7.86.